The number of hydrogen-bond acceptors (Lipinski definition) is 4. The zero-order valence-corrected chi connectivity index (χ0v) is 14.3. The lowest BCUT2D eigenvalue weighted by Crippen LogP contribution is -2.42. The van der Waals surface area contributed by atoms with Crippen LogP contribution in [0.25, 0.3) is 0 Å². The van der Waals surface area contributed by atoms with Gasteiger partial charge in [0, 0.05) is 25.0 Å². The second-order valence-corrected chi connectivity index (χ2v) is 9.64. The van der Waals surface area contributed by atoms with Crippen LogP contribution in [0.5, 0.6) is 0 Å². The van der Waals surface area contributed by atoms with Crippen molar-refractivity contribution in [2.75, 3.05) is 39.0 Å². The summed E-state index contributed by atoms with van der Waals surface area (Å²) in [5.41, 5.74) is 0.0221. The third-order valence-corrected chi connectivity index (χ3v) is 7.96. The van der Waals surface area contributed by atoms with Gasteiger partial charge in [-0.05, 0) is 55.6 Å². The van der Waals surface area contributed by atoms with E-state index in [0.717, 1.165) is 45.3 Å². The summed E-state index contributed by atoms with van der Waals surface area (Å²) >= 11 is 1.69. The van der Waals surface area contributed by atoms with Gasteiger partial charge in [-0.25, -0.2) is 12.7 Å². The molecule has 0 aliphatic carbocycles. The van der Waals surface area contributed by atoms with E-state index in [2.05, 4.69) is 11.0 Å². The highest BCUT2D eigenvalue weighted by Crippen LogP contribution is 2.40. The average Bonchev–Trinajstić information content (AvgIpc) is 3.04. The lowest BCUT2D eigenvalue weighted by Gasteiger charge is -2.34. The van der Waals surface area contributed by atoms with Gasteiger partial charge in [0.2, 0.25) is 10.0 Å². The molecule has 2 unspecified atom stereocenters. The number of rotatable bonds is 6. The van der Waals surface area contributed by atoms with Crippen molar-refractivity contribution >= 4 is 21.4 Å². The Labute approximate surface area is 131 Å². The van der Waals surface area contributed by atoms with E-state index < -0.39 is 10.0 Å². The Morgan fingerprint density at radius 1 is 1.38 bits per heavy atom. The number of likely N-dealkylation sites (N-methyl/N-ethyl adjacent to an activating group) is 1. The van der Waals surface area contributed by atoms with Gasteiger partial charge in [-0.3, -0.25) is 0 Å². The molecule has 0 radical (unpaired) electrons. The van der Waals surface area contributed by atoms with Crippen molar-refractivity contribution in [3.8, 4) is 0 Å². The molecule has 21 heavy (non-hydrogen) atoms. The molecule has 0 aromatic carbocycles. The van der Waals surface area contributed by atoms with E-state index in [0.29, 0.717) is 12.3 Å². The molecule has 118 valence electrons. The summed E-state index contributed by atoms with van der Waals surface area (Å²) in [7, 11) is -1.41. The van der Waals surface area contributed by atoms with Crippen LogP contribution in [0.1, 0.15) is 24.1 Å². The van der Waals surface area contributed by atoms with E-state index in [1.807, 2.05) is 11.4 Å². The first kappa shape index (κ1) is 15.5. The quantitative estimate of drug-likeness (QED) is 0.802. The summed E-state index contributed by atoms with van der Waals surface area (Å²) in [4.78, 5) is 3.67. The average molecular weight is 329 g/mol. The minimum Gasteiger partial charge on any atom is -0.303 e. The Morgan fingerprint density at radius 3 is 3.00 bits per heavy atom. The van der Waals surface area contributed by atoms with Gasteiger partial charge in [0.15, 0.2) is 0 Å². The molecule has 1 aromatic heterocycles. The van der Waals surface area contributed by atoms with E-state index in [-0.39, 0.29) is 5.41 Å². The van der Waals surface area contributed by atoms with Crippen molar-refractivity contribution in [2.45, 2.75) is 25.7 Å². The minimum absolute atomic E-state index is 0.0221. The Balaban J connectivity index is 1.60. The smallest absolute Gasteiger partial charge is 0.214 e. The van der Waals surface area contributed by atoms with Crippen LogP contribution in [0.2, 0.25) is 0 Å². The van der Waals surface area contributed by atoms with Crippen LogP contribution in [0.15, 0.2) is 17.5 Å². The molecule has 3 heterocycles. The molecule has 0 spiro atoms. The van der Waals surface area contributed by atoms with Gasteiger partial charge in [0.05, 0.1) is 5.75 Å². The summed E-state index contributed by atoms with van der Waals surface area (Å²) in [5, 5.41) is 2.04. The van der Waals surface area contributed by atoms with E-state index in [9.17, 15) is 8.42 Å². The monoisotopic (exact) mass is 328 g/mol. The summed E-state index contributed by atoms with van der Waals surface area (Å²) in [6.07, 6.45) is 4.08. The number of thiophene rings is 1. The Hall–Kier alpha value is -0.430. The van der Waals surface area contributed by atoms with Gasteiger partial charge in [-0.2, -0.15) is 0 Å². The summed E-state index contributed by atoms with van der Waals surface area (Å²) in [6, 6.07) is 4.09. The molecule has 3 rings (SSSR count). The highest BCUT2D eigenvalue weighted by atomic mass is 32.2. The molecule has 0 saturated carbocycles. The molecular weight excluding hydrogens is 304 g/mol. The maximum Gasteiger partial charge on any atom is 0.214 e. The fourth-order valence-electron chi connectivity index (χ4n) is 3.65. The first-order valence-corrected chi connectivity index (χ1v) is 10.2. The molecule has 0 amide bonds. The molecule has 2 aliphatic heterocycles. The molecular formula is C15H24N2O2S2. The molecule has 2 saturated heterocycles. The highest BCUT2D eigenvalue weighted by molar-refractivity contribution is 7.89. The number of nitrogens with zero attached hydrogens (tertiary/aromatic N) is 2. The zero-order chi connectivity index (χ0) is 14.9. The molecule has 1 aromatic rings. The number of hydrogen-bond donors (Lipinski definition) is 0. The third-order valence-electron chi connectivity index (χ3n) is 4.92. The maximum absolute atomic E-state index is 12.7. The van der Waals surface area contributed by atoms with Gasteiger partial charge < -0.3 is 4.90 Å². The maximum atomic E-state index is 12.7. The molecule has 2 aliphatic rings. The first-order valence-electron chi connectivity index (χ1n) is 7.68. The first-order chi connectivity index (χ1) is 9.99. The number of piperidine rings is 1. The normalized spacial score (nSPS) is 29.1. The summed E-state index contributed by atoms with van der Waals surface area (Å²) in [6.45, 7) is 3.79. The topological polar surface area (TPSA) is 40.6 Å². The second-order valence-electron chi connectivity index (χ2n) is 6.54. The molecule has 0 N–H and O–H groups in total. The molecule has 6 heteroatoms. The van der Waals surface area contributed by atoms with Gasteiger partial charge in [-0.15, -0.1) is 11.3 Å². The molecule has 4 nitrogen and oxygen atoms in total. The molecule has 2 bridgehead atoms. The number of fused-ring (bicyclic) bond motifs is 2. The SMILES string of the molecule is CN(CCc1cccs1)S(=O)(=O)CC12CCCN(CC1)C2. The lowest BCUT2D eigenvalue weighted by atomic mass is 9.83. The van der Waals surface area contributed by atoms with Crippen LogP contribution in [0, 0.1) is 5.41 Å². The van der Waals surface area contributed by atoms with Crippen LogP contribution < -0.4 is 0 Å². The minimum atomic E-state index is -3.15. The summed E-state index contributed by atoms with van der Waals surface area (Å²) in [5.74, 6) is 0.331. The van der Waals surface area contributed by atoms with Crippen LogP contribution in [0.4, 0.5) is 0 Å². The van der Waals surface area contributed by atoms with Gasteiger partial charge in [0.1, 0.15) is 0 Å². The predicted molar refractivity (Wildman–Crippen MR) is 87.2 cm³/mol. The van der Waals surface area contributed by atoms with Crippen LogP contribution in [-0.2, 0) is 16.4 Å². The van der Waals surface area contributed by atoms with Crippen LogP contribution in [-0.4, -0.2) is 56.6 Å². The van der Waals surface area contributed by atoms with Crippen molar-refractivity contribution in [3.05, 3.63) is 22.4 Å². The van der Waals surface area contributed by atoms with E-state index in [1.165, 1.54) is 4.88 Å². The Kier molecular flexibility index (Phi) is 4.41. The Morgan fingerprint density at radius 2 is 2.24 bits per heavy atom. The largest absolute Gasteiger partial charge is 0.303 e. The van der Waals surface area contributed by atoms with Crippen LogP contribution in [0.3, 0.4) is 0 Å². The number of sulfonamides is 1. The van der Waals surface area contributed by atoms with Gasteiger partial charge in [0.25, 0.3) is 0 Å². The van der Waals surface area contributed by atoms with Crippen molar-refractivity contribution in [2.24, 2.45) is 5.41 Å². The standard InChI is InChI=1S/C15H24N2O2S2/c1-16(9-5-14-4-2-11-20-14)21(18,19)13-15-6-3-8-17(12-15)10-7-15/h2,4,11H,3,5-10,12-13H2,1H3. The van der Waals surface area contributed by atoms with Crippen molar-refractivity contribution in [1.29, 1.82) is 0 Å². The van der Waals surface area contributed by atoms with Gasteiger partial charge in [-0.1, -0.05) is 6.07 Å². The highest BCUT2D eigenvalue weighted by Gasteiger charge is 2.44. The predicted octanol–water partition coefficient (Wildman–Crippen LogP) is 2.04. The summed E-state index contributed by atoms with van der Waals surface area (Å²) < 4.78 is 26.9. The van der Waals surface area contributed by atoms with E-state index in [4.69, 9.17) is 0 Å². The van der Waals surface area contributed by atoms with Crippen molar-refractivity contribution in [3.63, 3.8) is 0 Å². The van der Waals surface area contributed by atoms with Gasteiger partial charge >= 0.3 is 0 Å². The second kappa shape index (κ2) is 5.99. The zero-order valence-electron chi connectivity index (χ0n) is 12.6. The fraction of sp³-hybridized carbons (Fsp3) is 0.733. The Bertz CT molecular complexity index is 567. The fourth-order valence-corrected chi connectivity index (χ4v) is 6.09. The van der Waals surface area contributed by atoms with E-state index >= 15 is 0 Å². The van der Waals surface area contributed by atoms with Crippen molar-refractivity contribution < 1.29 is 8.42 Å². The van der Waals surface area contributed by atoms with Crippen LogP contribution >= 0.6 is 11.3 Å². The lowest BCUT2D eigenvalue weighted by molar-refractivity contribution is 0.201. The molecule has 2 fully saturated rings. The molecule has 2 atom stereocenters. The van der Waals surface area contributed by atoms with Crippen molar-refractivity contribution in [1.82, 2.24) is 9.21 Å². The van der Waals surface area contributed by atoms with E-state index in [1.54, 1.807) is 22.7 Å². The third kappa shape index (κ3) is 3.50.